The number of ether oxygens (including phenoxy) is 1. The normalized spacial score (nSPS) is 20.0. The summed E-state index contributed by atoms with van der Waals surface area (Å²) in [5.74, 6) is 0.831. The summed E-state index contributed by atoms with van der Waals surface area (Å²) >= 11 is 12.8. The molecule has 0 spiro atoms. The first-order chi connectivity index (χ1) is 14.0. The second-order valence-corrected chi connectivity index (χ2v) is 8.48. The highest BCUT2D eigenvalue weighted by atomic mass is 35.5. The molecular weight excluding hydrogens is 403 g/mol. The van der Waals surface area contributed by atoms with Crippen LogP contribution in [-0.4, -0.2) is 10.7 Å². The van der Waals surface area contributed by atoms with Gasteiger partial charge in [-0.05, 0) is 49.7 Å². The van der Waals surface area contributed by atoms with Gasteiger partial charge in [0.25, 0.3) is 0 Å². The van der Waals surface area contributed by atoms with Crippen molar-refractivity contribution in [3.05, 3.63) is 98.5 Å². The molecule has 0 bridgehead atoms. The van der Waals surface area contributed by atoms with Crippen molar-refractivity contribution in [2.24, 2.45) is 5.10 Å². The fraction of sp³-hybridized carbons (Fsp3) is 0.208. The van der Waals surface area contributed by atoms with Crippen LogP contribution in [0.25, 0.3) is 0 Å². The van der Waals surface area contributed by atoms with E-state index in [2.05, 4.69) is 32.0 Å². The van der Waals surface area contributed by atoms with E-state index < -0.39 is 0 Å². The average Bonchev–Trinajstić information content (AvgIpc) is 3.15. The van der Waals surface area contributed by atoms with Crippen molar-refractivity contribution in [2.75, 3.05) is 0 Å². The van der Waals surface area contributed by atoms with Gasteiger partial charge in [-0.3, -0.25) is 0 Å². The van der Waals surface area contributed by atoms with Crippen LogP contribution in [0.5, 0.6) is 5.75 Å². The molecule has 146 valence electrons. The molecule has 3 aromatic rings. The molecule has 0 fully saturated rings. The molecule has 3 aromatic carbocycles. The van der Waals surface area contributed by atoms with Gasteiger partial charge in [0, 0.05) is 33.2 Å². The summed E-state index contributed by atoms with van der Waals surface area (Å²) in [6, 6.07) is 20.1. The Morgan fingerprint density at radius 1 is 0.966 bits per heavy atom. The molecule has 2 atom stereocenters. The van der Waals surface area contributed by atoms with E-state index in [4.69, 9.17) is 33.0 Å². The van der Waals surface area contributed by atoms with Crippen LogP contribution in [-0.2, 0) is 0 Å². The quantitative estimate of drug-likeness (QED) is 0.450. The summed E-state index contributed by atoms with van der Waals surface area (Å²) in [4.78, 5) is 0. The molecule has 2 aliphatic heterocycles. The van der Waals surface area contributed by atoms with Gasteiger partial charge in [0.1, 0.15) is 5.75 Å². The first-order valence-corrected chi connectivity index (χ1v) is 10.4. The van der Waals surface area contributed by atoms with Crippen molar-refractivity contribution in [3.63, 3.8) is 0 Å². The highest BCUT2D eigenvalue weighted by Crippen LogP contribution is 2.49. The number of hydrogen-bond acceptors (Lipinski definition) is 3. The maximum Gasteiger partial charge on any atom is 0.215 e. The number of halogens is 2. The standard InChI is InChI=1S/C24H20Cl2N2O/c1-14-7-8-15(2)18(11-14)21-13-22-19-12-16(25)9-10-23(19)29-24(28(22)27-21)17-5-3-4-6-20(17)26/h3-12,22,24H,13H2,1-2H3/t22-,24-/m1/s1. The van der Waals surface area contributed by atoms with Gasteiger partial charge in [0.05, 0.1) is 11.8 Å². The summed E-state index contributed by atoms with van der Waals surface area (Å²) in [6.45, 7) is 4.23. The molecule has 0 N–H and O–H groups in total. The first-order valence-electron chi connectivity index (χ1n) is 9.65. The Morgan fingerprint density at radius 3 is 2.62 bits per heavy atom. The number of rotatable bonds is 2. The molecule has 0 saturated heterocycles. The van der Waals surface area contributed by atoms with Gasteiger partial charge in [-0.2, -0.15) is 5.10 Å². The summed E-state index contributed by atoms with van der Waals surface area (Å²) in [6.07, 6.45) is 0.409. The predicted molar refractivity (Wildman–Crippen MR) is 118 cm³/mol. The zero-order chi connectivity index (χ0) is 20.1. The van der Waals surface area contributed by atoms with Crippen molar-refractivity contribution in [2.45, 2.75) is 32.5 Å². The monoisotopic (exact) mass is 422 g/mol. The lowest BCUT2D eigenvalue weighted by Crippen LogP contribution is -2.33. The van der Waals surface area contributed by atoms with Gasteiger partial charge in [-0.15, -0.1) is 0 Å². The van der Waals surface area contributed by atoms with Gasteiger partial charge < -0.3 is 4.74 Å². The smallest absolute Gasteiger partial charge is 0.215 e. The van der Waals surface area contributed by atoms with E-state index in [9.17, 15) is 0 Å². The fourth-order valence-electron chi connectivity index (χ4n) is 4.15. The third-order valence-electron chi connectivity index (χ3n) is 5.63. The molecule has 5 heteroatoms. The molecule has 0 saturated carbocycles. The number of benzene rings is 3. The lowest BCUT2D eigenvalue weighted by atomic mass is 9.93. The Balaban J connectivity index is 1.65. The van der Waals surface area contributed by atoms with Crippen LogP contribution in [0.4, 0.5) is 0 Å². The van der Waals surface area contributed by atoms with E-state index in [0.717, 1.165) is 29.0 Å². The highest BCUT2D eigenvalue weighted by molar-refractivity contribution is 6.31. The molecule has 0 radical (unpaired) electrons. The van der Waals surface area contributed by atoms with Crippen LogP contribution in [0.15, 0.2) is 65.8 Å². The van der Waals surface area contributed by atoms with Crippen LogP contribution in [0.1, 0.15) is 46.5 Å². The third kappa shape index (κ3) is 3.19. The molecule has 0 aromatic heterocycles. The number of fused-ring (bicyclic) bond motifs is 3. The zero-order valence-electron chi connectivity index (χ0n) is 16.2. The largest absolute Gasteiger partial charge is 0.464 e. The van der Waals surface area contributed by atoms with Crippen molar-refractivity contribution >= 4 is 28.9 Å². The Hall–Kier alpha value is -2.49. The summed E-state index contributed by atoms with van der Waals surface area (Å²) in [5, 5.41) is 8.44. The van der Waals surface area contributed by atoms with Crippen LogP contribution in [0.2, 0.25) is 10.0 Å². The van der Waals surface area contributed by atoms with E-state index in [1.54, 1.807) is 0 Å². The second-order valence-electron chi connectivity index (χ2n) is 7.64. The SMILES string of the molecule is Cc1ccc(C)c(C2=NN3[C@H](C2)c2cc(Cl)ccc2O[C@@H]3c2ccccc2Cl)c1. The fourth-order valence-corrected chi connectivity index (χ4v) is 4.56. The zero-order valence-corrected chi connectivity index (χ0v) is 17.7. The molecule has 0 unspecified atom stereocenters. The van der Waals surface area contributed by atoms with E-state index >= 15 is 0 Å². The van der Waals surface area contributed by atoms with E-state index in [1.165, 1.54) is 16.7 Å². The lowest BCUT2D eigenvalue weighted by molar-refractivity contribution is -0.0189. The minimum atomic E-state index is -0.384. The minimum absolute atomic E-state index is 0.0497. The molecule has 0 aliphatic carbocycles. The second kappa shape index (κ2) is 7.08. The predicted octanol–water partition coefficient (Wildman–Crippen LogP) is 6.85. The number of nitrogens with zero attached hydrogens (tertiary/aromatic N) is 2. The Bertz CT molecular complexity index is 1140. The number of hydrazone groups is 1. The minimum Gasteiger partial charge on any atom is -0.464 e. The highest BCUT2D eigenvalue weighted by Gasteiger charge is 2.41. The number of hydrogen-bond donors (Lipinski definition) is 0. The topological polar surface area (TPSA) is 24.8 Å². The van der Waals surface area contributed by atoms with Crippen molar-refractivity contribution in [3.8, 4) is 5.75 Å². The molecule has 0 amide bonds. The Morgan fingerprint density at radius 2 is 1.79 bits per heavy atom. The molecular formula is C24H20Cl2N2O. The third-order valence-corrected chi connectivity index (χ3v) is 6.21. The number of aryl methyl sites for hydroxylation is 2. The van der Waals surface area contributed by atoms with Crippen molar-refractivity contribution < 1.29 is 4.74 Å². The van der Waals surface area contributed by atoms with Crippen LogP contribution < -0.4 is 4.74 Å². The van der Waals surface area contributed by atoms with Gasteiger partial charge in [0.15, 0.2) is 0 Å². The lowest BCUT2D eigenvalue weighted by Gasteiger charge is -2.38. The van der Waals surface area contributed by atoms with Crippen LogP contribution in [0, 0.1) is 13.8 Å². The van der Waals surface area contributed by atoms with Crippen molar-refractivity contribution in [1.82, 2.24) is 5.01 Å². The average molecular weight is 423 g/mol. The van der Waals surface area contributed by atoms with Gasteiger partial charge >= 0.3 is 0 Å². The Kier molecular flexibility index (Phi) is 4.53. The van der Waals surface area contributed by atoms with E-state index in [1.807, 2.05) is 47.5 Å². The molecule has 3 nitrogen and oxygen atoms in total. The summed E-state index contributed by atoms with van der Waals surface area (Å²) in [7, 11) is 0. The summed E-state index contributed by atoms with van der Waals surface area (Å²) < 4.78 is 6.38. The Labute approximate surface area is 180 Å². The maximum absolute atomic E-state index is 6.52. The maximum atomic E-state index is 6.52. The van der Waals surface area contributed by atoms with Gasteiger partial charge in [-0.1, -0.05) is 59.1 Å². The van der Waals surface area contributed by atoms with Crippen LogP contribution >= 0.6 is 23.2 Å². The van der Waals surface area contributed by atoms with Gasteiger partial charge in [-0.25, -0.2) is 5.01 Å². The van der Waals surface area contributed by atoms with E-state index in [-0.39, 0.29) is 12.3 Å². The molecule has 5 rings (SSSR count). The first kappa shape index (κ1) is 18.5. The van der Waals surface area contributed by atoms with Gasteiger partial charge in [0.2, 0.25) is 6.23 Å². The summed E-state index contributed by atoms with van der Waals surface area (Å²) in [5.41, 5.74) is 6.65. The molecule has 2 aliphatic rings. The van der Waals surface area contributed by atoms with Crippen LogP contribution in [0.3, 0.4) is 0 Å². The molecule has 29 heavy (non-hydrogen) atoms. The van der Waals surface area contributed by atoms with E-state index in [0.29, 0.717) is 10.0 Å². The molecule has 2 heterocycles. The van der Waals surface area contributed by atoms with Crippen molar-refractivity contribution in [1.29, 1.82) is 0 Å².